The van der Waals surface area contributed by atoms with Gasteiger partial charge in [0.05, 0.1) is 0 Å². The van der Waals surface area contributed by atoms with Crippen LogP contribution in [0.5, 0.6) is 0 Å². The maximum Gasteiger partial charge on any atom is 0.322 e. The van der Waals surface area contributed by atoms with E-state index in [4.69, 9.17) is 21.4 Å². The molecule has 1 atom stereocenters. The number of hydrogen-bond donors (Lipinski definition) is 6. The lowest BCUT2D eigenvalue weighted by atomic mass is 10.1. The zero-order chi connectivity index (χ0) is 15.5. The van der Waals surface area contributed by atoms with E-state index in [9.17, 15) is 9.59 Å². The summed E-state index contributed by atoms with van der Waals surface area (Å²) in [7, 11) is 0. The Morgan fingerprint density at radius 2 is 2.00 bits per heavy atom. The highest BCUT2D eigenvalue weighted by Gasteiger charge is 2.20. The normalized spacial score (nSPS) is 12.1. The van der Waals surface area contributed by atoms with E-state index in [1.54, 1.807) is 6.92 Å². The molecular formula is C11H23N5O4. The van der Waals surface area contributed by atoms with Crippen LogP contribution in [0.25, 0.3) is 0 Å². The van der Waals surface area contributed by atoms with Crippen LogP contribution in [0, 0.1) is 5.41 Å². The molecule has 116 valence electrons. The third-order valence-corrected chi connectivity index (χ3v) is 2.58. The number of carbonyl (C=O) groups is 2. The molecule has 0 aliphatic rings. The Balaban J connectivity index is 4.12. The number of aliphatic carboxylic acids is 2. The van der Waals surface area contributed by atoms with Gasteiger partial charge in [0.1, 0.15) is 12.6 Å². The SMILES string of the molecule is CCN(CC(=O)O)N[C@@H](CCCCNC(=N)N)C(=O)O. The van der Waals surface area contributed by atoms with Crippen LogP contribution in [0.4, 0.5) is 0 Å². The Bertz CT molecular complexity index is 337. The molecule has 0 bridgehead atoms. The second-order valence-corrected chi connectivity index (χ2v) is 4.26. The molecule has 0 spiro atoms. The van der Waals surface area contributed by atoms with Crippen molar-refractivity contribution >= 4 is 17.9 Å². The van der Waals surface area contributed by atoms with Gasteiger partial charge in [-0.2, -0.15) is 0 Å². The summed E-state index contributed by atoms with van der Waals surface area (Å²) in [5.41, 5.74) is 7.82. The highest BCUT2D eigenvalue weighted by atomic mass is 16.4. The summed E-state index contributed by atoms with van der Waals surface area (Å²) in [4.78, 5) is 21.7. The molecule has 0 heterocycles. The van der Waals surface area contributed by atoms with Gasteiger partial charge in [0.25, 0.3) is 0 Å². The van der Waals surface area contributed by atoms with Gasteiger partial charge in [-0.25, -0.2) is 10.4 Å². The molecule has 7 N–H and O–H groups in total. The summed E-state index contributed by atoms with van der Waals surface area (Å²) in [5, 5.41) is 28.7. The number of rotatable bonds is 11. The van der Waals surface area contributed by atoms with Crippen molar-refractivity contribution < 1.29 is 19.8 Å². The van der Waals surface area contributed by atoms with Crippen LogP contribution in [0.3, 0.4) is 0 Å². The first-order valence-electron chi connectivity index (χ1n) is 6.40. The molecule has 0 aliphatic heterocycles. The number of nitrogens with two attached hydrogens (primary N) is 1. The number of hydrogen-bond acceptors (Lipinski definition) is 5. The van der Waals surface area contributed by atoms with Crippen LogP contribution in [-0.2, 0) is 9.59 Å². The molecule has 0 fully saturated rings. The largest absolute Gasteiger partial charge is 0.480 e. The molecule has 0 saturated carbocycles. The maximum absolute atomic E-state index is 11.1. The molecule has 0 unspecified atom stereocenters. The first kappa shape index (κ1) is 18.1. The standard InChI is InChI=1S/C11H23N5O4/c1-2-16(7-9(17)18)15-8(10(19)20)5-3-4-6-14-11(12)13/h8,15H,2-7H2,1H3,(H,17,18)(H,19,20)(H4,12,13,14)/t8-/m0/s1. The van der Waals surface area contributed by atoms with Gasteiger partial charge in [0.15, 0.2) is 5.96 Å². The van der Waals surface area contributed by atoms with Crippen molar-refractivity contribution in [2.75, 3.05) is 19.6 Å². The van der Waals surface area contributed by atoms with Gasteiger partial charge >= 0.3 is 11.9 Å². The van der Waals surface area contributed by atoms with Crippen LogP contribution < -0.4 is 16.5 Å². The summed E-state index contributed by atoms with van der Waals surface area (Å²) in [6.07, 6.45) is 1.66. The van der Waals surface area contributed by atoms with Gasteiger partial charge in [-0.05, 0) is 19.3 Å². The minimum absolute atomic E-state index is 0.114. The number of carboxylic acids is 2. The van der Waals surface area contributed by atoms with Crippen molar-refractivity contribution in [2.45, 2.75) is 32.2 Å². The van der Waals surface area contributed by atoms with Crippen LogP contribution in [0.2, 0.25) is 0 Å². The maximum atomic E-state index is 11.1. The Labute approximate surface area is 117 Å². The molecule has 0 amide bonds. The Kier molecular flexibility index (Phi) is 9.05. The van der Waals surface area contributed by atoms with E-state index in [0.29, 0.717) is 32.4 Å². The summed E-state index contributed by atoms with van der Waals surface area (Å²) >= 11 is 0. The quantitative estimate of drug-likeness (QED) is 0.123. The molecule has 9 nitrogen and oxygen atoms in total. The van der Waals surface area contributed by atoms with Gasteiger partial charge in [-0.15, -0.1) is 0 Å². The molecule has 0 aromatic rings. The predicted octanol–water partition coefficient (Wildman–Crippen LogP) is -0.996. The minimum atomic E-state index is -1.02. The molecule has 0 rings (SSSR count). The monoisotopic (exact) mass is 289 g/mol. The van der Waals surface area contributed by atoms with E-state index in [1.165, 1.54) is 5.01 Å². The van der Waals surface area contributed by atoms with E-state index in [0.717, 1.165) is 0 Å². The van der Waals surface area contributed by atoms with Crippen LogP contribution in [0.15, 0.2) is 0 Å². The number of carboxylic acid groups (broad SMARTS) is 2. The van der Waals surface area contributed by atoms with Crippen molar-refractivity contribution in [1.82, 2.24) is 15.8 Å². The lowest BCUT2D eigenvalue weighted by Crippen LogP contribution is -2.50. The van der Waals surface area contributed by atoms with Gasteiger partial charge < -0.3 is 21.3 Å². The van der Waals surface area contributed by atoms with Crippen LogP contribution in [0.1, 0.15) is 26.2 Å². The fraction of sp³-hybridized carbons (Fsp3) is 0.727. The van der Waals surface area contributed by atoms with Gasteiger partial charge in [-0.1, -0.05) is 6.92 Å². The number of guanidine groups is 1. The second-order valence-electron chi connectivity index (χ2n) is 4.26. The predicted molar refractivity (Wildman–Crippen MR) is 73.2 cm³/mol. The molecule has 20 heavy (non-hydrogen) atoms. The number of likely N-dealkylation sites (N-methyl/N-ethyl adjacent to an activating group) is 1. The van der Waals surface area contributed by atoms with E-state index in [1.807, 2.05) is 0 Å². The van der Waals surface area contributed by atoms with Gasteiger partial charge in [0, 0.05) is 13.1 Å². The van der Waals surface area contributed by atoms with Crippen molar-refractivity contribution in [1.29, 1.82) is 5.41 Å². The van der Waals surface area contributed by atoms with E-state index < -0.39 is 18.0 Å². The number of hydrazine groups is 1. The van der Waals surface area contributed by atoms with Gasteiger partial charge in [0.2, 0.25) is 0 Å². The van der Waals surface area contributed by atoms with Crippen molar-refractivity contribution in [3.63, 3.8) is 0 Å². The average Bonchev–Trinajstić information content (AvgIpc) is 2.34. The van der Waals surface area contributed by atoms with Gasteiger partial charge in [-0.3, -0.25) is 15.0 Å². The molecule has 0 aromatic heterocycles. The molecule has 9 heteroatoms. The topological polar surface area (TPSA) is 152 Å². The zero-order valence-electron chi connectivity index (χ0n) is 11.6. The third kappa shape index (κ3) is 9.11. The minimum Gasteiger partial charge on any atom is -0.480 e. The second kappa shape index (κ2) is 9.98. The van der Waals surface area contributed by atoms with Crippen LogP contribution >= 0.6 is 0 Å². The summed E-state index contributed by atoms with van der Waals surface area (Å²) in [5.74, 6) is -2.15. The van der Waals surface area contributed by atoms with Crippen LogP contribution in [-0.4, -0.2) is 58.8 Å². The molecule has 0 saturated heterocycles. The number of unbranched alkanes of at least 4 members (excludes halogenated alkanes) is 1. The van der Waals surface area contributed by atoms with E-state index in [-0.39, 0.29) is 12.5 Å². The Hall–Kier alpha value is -1.87. The summed E-state index contributed by atoms with van der Waals surface area (Å²) < 4.78 is 0. The number of nitrogens with zero attached hydrogens (tertiary/aromatic N) is 1. The lowest BCUT2D eigenvalue weighted by molar-refractivity contribution is -0.145. The van der Waals surface area contributed by atoms with Crippen molar-refractivity contribution in [2.24, 2.45) is 5.73 Å². The third-order valence-electron chi connectivity index (χ3n) is 2.58. The smallest absolute Gasteiger partial charge is 0.322 e. The van der Waals surface area contributed by atoms with Crippen molar-refractivity contribution in [3.8, 4) is 0 Å². The Morgan fingerprint density at radius 3 is 2.45 bits per heavy atom. The fourth-order valence-corrected chi connectivity index (χ4v) is 1.57. The molecule has 0 aliphatic carbocycles. The fourth-order valence-electron chi connectivity index (χ4n) is 1.57. The highest BCUT2D eigenvalue weighted by molar-refractivity contribution is 5.74. The first-order chi connectivity index (χ1) is 9.36. The Morgan fingerprint density at radius 1 is 1.35 bits per heavy atom. The summed E-state index contributed by atoms with van der Waals surface area (Å²) in [6.45, 7) is 2.38. The average molecular weight is 289 g/mol. The van der Waals surface area contributed by atoms with E-state index >= 15 is 0 Å². The number of nitrogens with one attached hydrogen (secondary N) is 3. The highest BCUT2D eigenvalue weighted by Crippen LogP contribution is 2.02. The zero-order valence-corrected chi connectivity index (χ0v) is 11.6. The van der Waals surface area contributed by atoms with Crippen molar-refractivity contribution in [3.05, 3.63) is 0 Å². The summed E-state index contributed by atoms with van der Waals surface area (Å²) in [6, 6.07) is -0.827. The molecule has 0 radical (unpaired) electrons. The van der Waals surface area contributed by atoms with E-state index in [2.05, 4.69) is 10.7 Å². The first-order valence-corrected chi connectivity index (χ1v) is 6.40. The molecular weight excluding hydrogens is 266 g/mol. The molecule has 0 aromatic carbocycles. The lowest BCUT2D eigenvalue weighted by Gasteiger charge is -2.24.